The number of rotatable bonds is 5. The Bertz CT molecular complexity index is 761. The van der Waals surface area contributed by atoms with Crippen LogP contribution in [0, 0.1) is 0 Å². The van der Waals surface area contributed by atoms with Gasteiger partial charge >= 0.3 is 0 Å². The van der Waals surface area contributed by atoms with E-state index in [4.69, 9.17) is 11.6 Å². The molecule has 1 aliphatic rings. The molecule has 2 N–H and O–H groups in total. The Morgan fingerprint density at radius 2 is 1.77 bits per heavy atom. The minimum atomic E-state index is -2.57. The molecule has 0 atom stereocenters. The summed E-state index contributed by atoms with van der Waals surface area (Å²) >= 11 is 5.96. The van der Waals surface area contributed by atoms with Crippen LogP contribution in [0.4, 0.5) is 20.7 Å². The maximum atomic E-state index is 13.3. The summed E-state index contributed by atoms with van der Waals surface area (Å²) in [5.41, 5.74) is 0.518. The van der Waals surface area contributed by atoms with Crippen molar-refractivity contribution in [3.63, 3.8) is 0 Å². The first-order valence-corrected chi connectivity index (χ1v) is 8.98. The molecule has 6 nitrogen and oxygen atoms in total. The molecule has 9 heteroatoms. The van der Waals surface area contributed by atoms with E-state index in [1.165, 1.54) is 0 Å². The van der Waals surface area contributed by atoms with E-state index in [-0.39, 0.29) is 24.9 Å². The van der Waals surface area contributed by atoms with Crippen LogP contribution in [0.25, 0.3) is 11.5 Å². The summed E-state index contributed by atoms with van der Waals surface area (Å²) in [7, 11) is 0. The highest BCUT2D eigenvalue weighted by molar-refractivity contribution is 6.29. The molecular formula is C17H21ClF2N6. The average molecular weight is 383 g/mol. The summed E-state index contributed by atoms with van der Waals surface area (Å²) in [6, 6.07) is 5.22. The lowest BCUT2D eigenvalue weighted by atomic mass is 9.92. The first-order valence-electron chi connectivity index (χ1n) is 8.61. The van der Waals surface area contributed by atoms with Crippen LogP contribution in [0.15, 0.2) is 18.2 Å². The predicted molar refractivity (Wildman–Crippen MR) is 97.7 cm³/mol. The van der Waals surface area contributed by atoms with Gasteiger partial charge in [-0.1, -0.05) is 17.7 Å². The van der Waals surface area contributed by atoms with Crippen molar-refractivity contribution in [2.24, 2.45) is 0 Å². The minimum Gasteiger partial charge on any atom is -0.352 e. The van der Waals surface area contributed by atoms with Gasteiger partial charge in [0, 0.05) is 24.9 Å². The molecule has 0 saturated heterocycles. The fourth-order valence-corrected chi connectivity index (χ4v) is 2.94. The number of nitrogens with zero attached hydrogens (tertiary/aromatic N) is 4. The Morgan fingerprint density at radius 3 is 2.42 bits per heavy atom. The molecule has 0 unspecified atom stereocenters. The lowest BCUT2D eigenvalue weighted by molar-refractivity contribution is -0.0361. The molecular weight excluding hydrogens is 362 g/mol. The number of anilines is 2. The zero-order valence-electron chi connectivity index (χ0n) is 14.6. The number of aromatic nitrogens is 4. The van der Waals surface area contributed by atoms with Crippen LogP contribution >= 0.6 is 11.6 Å². The van der Waals surface area contributed by atoms with Gasteiger partial charge in [0.1, 0.15) is 10.8 Å². The molecule has 0 aliphatic heterocycles. The standard InChI is InChI=1S/C17H21ClF2N6/c1-10(2)21-15-24-14(12-4-3-5-13(18)23-12)25-16(26-15)22-11-6-8-17(19,20)9-7-11/h3-5,10-11H,6-9H2,1-2H3,(H2,21,22,24,25,26). The van der Waals surface area contributed by atoms with Crippen LogP contribution in [0.5, 0.6) is 0 Å². The van der Waals surface area contributed by atoms with E-state index < -0.39 is 5.92 Å². The van der Waals surface area contributed by atoms with Gasteiger partial charge in [0.2, 0.25) is 17.8 Å². The van der Waals surface area contributed by atoms with Crippen molar-refractivity contribution in [1.29, 1.82) is 0 Å². The van der Waals surface area contributed by atoms with Gasteiger partial charge in [0.25, 0.3) is 0 Å². The molecule has 0 amide bonds. The van der Waals surface area contributed by atoms with Crippen molar-refractivity contribution in [2.45, 2.75) is 57.5 Å². The highest BCUT2D eigenvalue weighted by Crippen LogP contribution is 2.34. The zero-order valence-corrected chi connectivity index (χ0v) is 15.4. The van der Waals surface area contributed by atoms with Gasteiger partial charge in [-0.05, 0) is 38.8 Å². The van der Waals surface area contributed by atoms with E-state index in [9.17, 15) is 8.78 Å². The van der Waals surface area contributed by atoms with Crippen LogP contribution in [-0.4, -0.2) is 37.9 Å². The molecule has 0 spiro atoms. The maximum absolute atomic E-state index is 13.3. The van der Waals surface area contributed by atoms with Crippen molar-refractivity contribution < 1.29 is 8.78 Å². The van der Waals surface area contributed by atoms with Crippen molar-refractivity contribution in [1.82, 2.24) is 19.9 Å². The second-order valence-electron chi connectivity index (χ2n) is 6.73. The van der Waals surface area contributed by atoms with E-state index >= 15 is 0 Å². The second kappa shape index (κ2) is 7.65. The van der Waals surface area contributed by atoms with Crippen LogP contribution < -0.4 is 10.6 Å². The Balaban J connectivity index is 1.85. The lowest BCUT2D eigenvalue weighted by Crippen LogP contribution is -2.32. The average Bonchev–Trinajstić information content (AvgIpc) is 2.56. The smallest absolute Gasteiger partial charge is 0.248 e. The molecule has 1 saturated carbocycles. The van der Waals surface area contributed by atoms with Gasteiger partial charge in [-0.25, -0.2) is 13.8 Å². The van der Waals surface area contributed by atoms with Crippen molar-refractivity contribution in [2.75, 3.05) is 10.6 Å². The van der Waals surface area contributed by atoms with Gasteiger partial charge in [-0.15, -0.1) is 0 Å². The van der Waals surface area contributed by atoms with E-state index in [1.807, 2.05) is 13.8 Å². The van der Waals surface area contributed by atoms with Crippen LogP contribution in [0.2, 0.25) is 5.15 Å². The Labute approximate surface area is 155 Å². The Kier molecular flexibility index (Phi) is 5.50. The van der Waals surface area contributed by atoms with Crippen molar-refractivity contribution >= 4 is 23.5 Å². The van der Waals surface area contributed by atoms with Crippen LogP contribution in [-0.2, 0) is 0 Å². The summed E-state index contributed by atoms with van der Waals surface area (Å²) in [4.78, 5) is 17.4. The van der Waals surface area contributed by atoms with Gasteiger partial charge in [-0.2, -0.15) is 15.0 Å². The van der Waals surface area contributed by atoms with E-state index in [2.05, 4.69) is 30.6 Å². The highest BCUT2D eigenvalue weighted by Gasteiger charge is 2.35. The minimum absolute atomic E-state index is 0.0934. The molecule has 3 rings (SSSR count). The first kappa shape index (κ1) is 18.7. The largest absolute Gasteiger partial charge is 0.352 e. The third-order valence-electron chi connectivity index (χ3n) is 4.05. The Hall–Kier alpha value is -2.09. The summed E-state index contributed by atoms with van der Waals surface area (Å²) in [6.07, 6.45) is 0.484. The third-order valence-corrected chi connectivity index (χ3v) is 4.26. The quantitative estimate of drug-likeness (QED) is 0.746. The lowest BCUT2D eigenvalue weighted by Gasteiger charge is -2.28. The number of pyridine rings is 1. The molecule has 0 radical (unpaired) electrons. The SMILES string of the molecule is CC(C)Nc1nc(NC2CCC(F)(F)CC2)nc(-c2cccc(Cl)n2)n1. The number of hydrogen-bond acceptors (Lipinski definition) is 6. The summed E-state index contributed by atoms with van der Waals surface area (Å²) in [5, 5.41) is 6.64. The number of halogens is 3. The molecule has 2 heterocycles. The van der Waals surface area contributed by atoms with Crippen molar-refractivity contribution in [3.05, 3.63) is 23.4 Å². The fourth-order valence-electron chi connectivity index (χ4n) is 2.78. The van der Waals surface area contributed by atoms with E-state index in [0.29, 0.717) is 41.4 Å². The summed E-state index contributed by atoms with van der Waals surface area (Å²) < 4.78 is 26.7. The summed E-state index contributed by atoms with van der Waals surface area (Å²) in [5.74, 6) is -1.46. The number of alkyl halides is 2. The van der Waals surface area contributed by atoms with Crippen LogP contribution in [0.1, 0.15) is 39.5 Å². The third kappa shape index (κ3) is 4.97. The summed E-state index contributed by atoms with van der Waals surface area (Å²) in [6.45, 7) is 3.94. The molecule has 1 aliphatic carbocycles. The molecule has 0 bridgehead atoms. The molecule has 0 aromatic carbocycles. The van der Waals surface area contributed by atoms with Gasteiger partial charge in [0.05, 0.1) is 0 Å². The Morgan fingerprint density at radius 1 is 1.08 bits per heavy atom. The van der Waals surface area contributed by atoms with Crippen molar-refractivity contribution in [3.8, 4) is 11.5 Å². The van der Waals surface area contributed by atoms with Crippen LogP contribution in [0.3, 0.4) is 0 Å². The molecule has 140 valence electrons. The van der Waals surface area contributed by atoms with E-state index in [0.717, 1.165) is 0 Å². The first-order chi connectivity index (χ1) is 12.3. The molecule has 1 fully saturated rings. The molecule has 2 aromatic rings. The normalized spacial score (nSPS) is 17.3. The van der Waals surface area contributed by atoms with E-state index in [1.54, 1.807) is 18.2 Å². The zero-order chi connectivity index (χ0) is 18.7. The van der Waals surface area contributed by atoms with Gasteiger partial charge in [0.15, 0.2) is 5.82 Å². The van der Waals surface area contributed by atoms with Gasteiger partial charge < -0.3 is 10.6 Å². The maximum Gasteiger partial charge on any atom is 0.248 e. The molecule has 2 aromatic heterocycles. The van der Waals surface area contributed by atoms with Gasteiger partial charge in [-0.3, -0.25) is 0 Å². The number of nitrogens with one attached hydrogen (secondary N) is 2. The predicted octanol–water partition coefficient (Wildman–Crippen LogP) is 4.40. The second-order valence-corrected chi connectivity index (χ2v) is 7.11. The number of hydrogen-bond donors (Lipinski definition) is 2. The highest BCUT2D eigenvalue weighted by atomic mass is 35.5. The fraction of sp³-hybridized carbons (Fsp3) is 0.529. The topological polar surface area (TPSA) is 75.6 Å². The molecule has 26 heavy (non-hydrogen) atoms. The monoisotopic (exact) mass is 382 g/mol.